The van der Waals surface area contributed by atoms with E-state index in [4.69, 9.17) is 0 Å². The van der Waals surface area contributed by atoms with Crippen molar-refractivity contribution in [1.82, 2.24) is 0 Å². The zero-order valence-corrected chi connectivity index (χ0v) is 70.2. The molecule has 0 radical (unpaired) electrons. The molecule has 0 aliphatic heterocycles. The fourth-order valence-corrected chi connectivity index (χ4v) is 11.6. The summed E-state index contributed by atoms with van der Waals surface area (Å²) in [6, 6.07) is 33.4. The van der Waals surface area contributed by atoms with Crippen LogP contribution in [-0.4, -0.2) is 56.5 Å². The predicted molar refractivity (Wildman–Crippen MR) is 480 cm³/mol. The molecule has 3 rings (SSSR count). The average Bonchev–Trinajstić information content (AvgIpc) is 0.760. The highest BCUT2D eigenvalue weighted by Crippen LogP contribution is 2.55. The van der Waals surface area contributed by atoms with Gasteiger partial charge in [-0.25, -0.2) is 0 Å². The van der Waals surface area contributed by atoms with E-state index in [2.05, 4.69) is 166 Å². The monoisotopic (exact) mass is 1540 g/mol. The van der Waals surface area contributed by atoms with Gasteiger partial charge in [-0.05, 0) is 284 Å². The molecule has 0 spiro atoms. The molecule has 0 saturated carbocycles. The highest BCUT2D eigenvalue weighted by molar-refractivity contribution is 8.93. The van der Waals surface area contributed by atoms with Gasteiger partial charge in [-0.1, -0.05) is 246 Å². The number of aldehydes is 8. The second kappa shape index (κ2) is 74.9. The van der Waals surface area contributed by atoms with Gasteiger partial charge in [0.25, 0.3) is 0 Å². The van der Waals surface area contributed by atoms with E-state index < -0.39 is 7.26 Å². The molecule has 3 aromatic carbocycles. The molecule has 109 heavy (non-hydrogen) atoms. The van der Waals surface area contributed by atoms with Crippen molar-refractivity contribution in [3.63, 3.8) is 0 Å². The molecule has 0 aromatic heterocycles. The van der Waals surface area contributed by atoms with Crippen molar-refractivity contribution in [3.8, 4) is 35.5 Å². The summed E-state index contributed by atoms with van der Waals surface area (Å²) >= 11 is 0. The quantitative estimate of drug-likeness (QED) is 0.0175. The van der Waals surface area contributed by atoms with Crippen molar-refractivity contribution < 1.29 is 38.4 Å². The lowest BCUT2D eigenvalue weighted by Gasteiger charge is -2.27. The Balaban J connectivity index is -0.000000413. The Morgan fingerprint density at radius 3 is 0.798 bits per heavy atom. The minimum atomic E-state index is -1.75. The van der Waals surface area contributed by atoms with E-state index in [1.54, 1.807) is 96.2 Å². The summed E-state index contributed by atoms with van der Waals surface area (Å²) in [5.74, 6) is 16.8. The molecule has 0 heterocycles. The van der Waals surface area contributed by atoms with Crippen LogP contribution in [0.1, 0.15) is 137 Å². The SMILES string of the molecule is Br.C/C(C=O)=C\C#C/C=C(\C)C=O.C/C=C/C.C=CC.CC(/C=C\C=O)=C\C#C/C=C(C)/C=C/C=O.CC(C)=CCC/C(C)=C/C[P+](c1ccccc1)(c1ccccc1)c1ccccc1.C\C(C=O)=C/C=C/C(C)=C/C#C/C=C(C)/C=C/C=C(\C)C=O.C\C(C=O)=C/C=C/C(C)=C/C=C/C=C(C)/C=C/C=C(\C)C=O. The van der Waals surface area contributed by atoms with E-state index in [1.807, 2.05) is 160 Å². The maximum absolute atomic E-state index is 10.4. The maximum Gasteiger partial charge on any atom is 0.146 e. The van der Waals surface area contributed by atoms with Gasteiger partial charge in [0, 0.05) is 0 Å². The van der Waals surface area contributed by atoms with E-state index in [9.17, 15) is 38.4 Å². The average molecular weight is 1550 g/mol. The summed E-state index contributed by atoms with van der Waals surface area (Å²) in [6.45, 7) is 37.9. The topological polar surface area (TPSA) is 137 Å². The predicted octanol–water partition coefficient (Wildman–Crippen LogP) is 22.8. The number of carbonyl (C=O) groups excluding carboxylic acids is 8. The van der Waals surface area contributed by atoms with Gasteiger partial charge in [0.1, 0.15) is 73.5 Å². The van der Waals surface area contributed by atoms with Crippen LogP contribution in [0.5, 0.6) is 0 Å². The summed E-state index contributed by atoms with van der Waals surface area (Å²) < 4.78 is 0. The van der Waals surface area contributed by atoms with Crippen LogP contribution in [0.4, 0.5) is 0 Å². The molecule has 572 valence electrons. The summed E-state index contributed by atoms with van der Waals surface area (Å²) in [6.07, 6.45) is 66.3. The second-order valence-corrected chi connectivity index (χ2v) is 27.7. The molecule has 0 saturated heterocycles. The van der Waals surface area contributed by atoms with Gasteiger partial charge >= 0.3 is 0 Å². The molecule has 10 heteroatoms. The van der Waals surface area contributed by atoms with Gasteiger partial charge in [0.15, 0.2) is 0 Å². The molecule has 0 aliphatic carbocycles. The van der Waals surface area contributed by atoms with Gasteiger partial charge in [-0.15, -0.1) is 23.6 Å². The van der Waals surface area contributed by atoms with Crippen LogP contribution >= 0.6 is 24.2 Å². The first kappa shape index (κ1) is 106. The minimum Gasteiger partial charge on any atom is -0.299 e. The van der Waals surface area contributed by atoms with E-state index in [1.165, 1.54) is 51.4 Å². The van der Waals surface area contributed by atoms with E-state index >= 15 is 0 Å². The van der Waals surface area contributed by atoms with Crippen LogP contribution in [0.3, 0.4) is 0 Å². The van der Waals surface area contributed by atoms with Crippen LogP contribution in [0.25, 0.3) is 0 Å². The van der Waals surface area contributed by atoms with Crippen LogP contribution in [-0.2, 0) is 38.4 Å². The molecule has 8 nitrogen and oxygen atoms in total. The summed E-state index contributed by atoms with van der Waals surface area (Å²) in [5, 5.41) is 4.35. The van der Waals surface area contributed by atoms with Gasteiger partial charge < -0.3 is 0 Å². The minimum absolute atomic E-state index is 0. The molecule has 0 fully saturated rings. The Morgan fingerprint density at radius 1 is 0.321 bits per heavy atom. The Labute approximate surface area is 667 Å². The zero-order chi connectivity index (χ0) is 81.9. The van der Waals surface area contributed by atoms with E-state index in [0.717, 1.165) is 103 Å². The molecule has 0 bridgehead atoms. The van der Waals surface area contributed by atoms with Crippen LogP contribution in [0.15, 0.2) is 364 Å². The Bertz CT molecular complexity index is 3900. The Hall–Kier alpha value is -11.4. The number of hydrogen-bond acceptors (Lipinski definition) is 8. The Kier molecular flexibility index (Phi) is 73.0. The summed E-state index contributed by atoms with van der Waals surface area (Å²) in [5.41, 5.74) is 12.8. The standard InChI is InChI=1S/C28H32P.C20H24O2.C20H22O2.C14H14O2.C10H10O2.C4H8.C3H6.BrH/c1-24(2)14-13-15-25(3)22-23-29(26-16-7-4-8-17-26,27-18-9-5-10-19-27)28-20-11-6-12-21-28;2*1-17(11-7-13-19(3)15-21)9-5-6-10-18(2)12-8-14-20(4)16-22;1-13(9-5-11-15)7-3-4-8-14(2)10-6-12-16;1-9(7-11)5-3-4-6-10(2)8-12;1-3-4-2;1-3-2;/h4-12,14,16-22H,13,15,23H2,1-3H3;5-16H,1-4H3;7-16H,1-4H3;5-12H,1-2H3;5-8H,1-2H3;3-4H,1-2H3;3H,1H2,2H3;1H/q+1;;;;;;;/b25-22+;6-5+,11-7+,12-8+,17-9+,18-10+,19-13+,20-14+;11-7+,12-8+,17-9+,18-10+,19-13+,20-14+;9-5-,10-6+,13-7+,14-8+;9-5+,10-6+;4-3+;;. The molecular weight excluding hydrogens is 1430 g/mol. The molecular formula is C99H117BrO8P+. The van der Waals surface area contributed by atoms with E-state index in [-0.39, 0.29) is 17.0 Å². The van der Waals surface area contributed by atoms with Crippen molar-refractivity contribution in [1.29, 1.82) is 0 Å². The lowest BCUT2D eigenvalue weighted by atomic mass is 10.1. The third kappa shape index (κ3) is 64.7. The molecule has 3 aromatic rings. The van der Waals surface area contributed by atoms with Crippen molar-refractivity contribution in [2.75, 3.05) is 6.16 Å². The first-order valence-electron chi connectivity index (χ1n) is 35.2. The highest BCUT2D eigenvalue weighted by Gasteiger charge is 2.44. The Morgan fingerprint density at radius 2 is 0.560 bits per heavy atom. The number of carbonyl (C=O) groups is 8. The van der Waals surface area contributed by atoms with Gasteiger partial charge in [0.2, 0.25) is 0 Å². The number of hydrogen-bond donors (Lipinski definition) is 0. The summed E-state index contributed by atoms with van der Waals surface area (Å²) in [7, 11) is -1.75. The van der Waals surface area contributed by atoms with Crippen molar-refractivity contribution in [3.05, 3.63) is 364 Å². The van der Waals surface area contributed by atoms with Crippen LogP contribution in [0, 0.1) is 35.5 Å². The summed E-state index contributed by atoms with van der Waals surface area (Å²) in [4.78, 5) is 81.9. The van der Waals surface area contributed by atoms with Gasteiger partial charge in [-0.3, -0.25) is 38.4 Å². The molecule has 0 unspecified atom stereocenters. The normalized spacial score (nSPS) is 12.7. The third-order valence-corrected chi connectivity index (χ3v) is 17.7. The largest absolute Gasteiger partial charge is 0.299 e. The smallest absolute Gasteiger partial charge is 0.146 e. The maximum atomic E-state index is 10.4. The van der Waals surface area contributed by atoms with Crippen molar-refractivity contribution in [2.24, 2.45) is 0 Å². The zero-order valence-electron chi connectivity index (χ0n) is 67.6. The van der Waals surface area contributed by atoms with Crippen molar-refractivity contribution in [2.45, 2.75) is 137 Å². The van der Waals surface area contributed by atoms with Crippen LogP contribution in [0.2, 0.25) is 0 Å². The molecule has 0 N–H and O–H groups in total. The number of allylic oxidation sites excluding steroid dienone is 45. The highest BCUT2D eigenvalue weighted by atomic mass is 79.9. The van der Waals surface area contributed by atoms with E-state index in [0.29, 0.717) is 33.4 Å². The number of halogens is 1. The second-order valence-electron chi connectivity index (χ2n) is 24.1. The first-order valence-corrected chi connectivity index (χ1v) is 37.2. The molecule has 0 amide bonds. The molecule has 0 aliphatic rings. The van der Waals surface area contributed by atoms with Gasteiger partial charge in [0.05, 0.1) is 6.16 Å². The van der Waals surface area contributed by atoms with Crippen molar-refractivity contribution >= 4 is 90.4 Å². The third-order valence-electron chi connectivity index (χ3n) is 13.5. The lowest BCUT2D eigenvalue weighted by molar-refractivity contribution is -0.105. The van der Waals surface area contributed by atoms with Gasteiger partial charge in [-0.2, -0.15) is 0 Å². The molecule has 0 atom stereocenters. The van der Waals surface area contributed by atoms with Crippen LogP contribution < -0.4 is 15.9 Å². The fraction of sp³-hybridized carbons (Fsp3) is 0.212. The number of benzene rings is 3. The fourth-order valence-electron chi connectivity index (χ4n) is 7.46. The first-order chi connectivity index (χ1) is 51.8. The lowest BCUT2D eigenvalue weighted by Crippen LogP contribution is -2.33. The number of rotatable bonds is 28.